The van der Waals surface area contributed by atoms with Gasteiger partial charge in [-0.05, 0) is 80.2 Å². The fraction of sp³-hybridized carbons (Fsp3) is 0.733. The molecule has 4 rings (SSSR count). The molecule has 0 aliphatic heterocycles. The average Bonchev–Trinajstić information content (AvgIpc) is 2.89. The Hall–Kier alpha value is -1.96. The Morgan fingerprint density at radius 1 is 0.943 bits per heavy atom. The number of nitrogens with zero attached hydrogens (tertiary/aromatic N) is 1. The zero-order chi connectivity index (χ0) is 24.8. The number of unbranched alkanes of at least 4 members (excludes halogenated alkanes) is 3. The third-order valence-electron chi connectivity index (χ3n) is 9.39. The summed E-state index contributed by atoms with van der Waals surface area (Å²) in [7, 11) is 0. The molecule has 0 bridgehead atoms. The Morgan fingerprint density at radius 2 is 1.71 bits per heavy atom. The Kier molecular flexibility index (Phi) is 9.20. The Morgan fingerprint density at radius 3 is 2.46 bits per heavy atom. The molecule has 3 saturated carbocycles. The monoisotopic (exact) mass is 485 g/mol. The van der Waals surface area contributed by atoms with Crippen LogP contribution in [-0.2, 0) is 4.79 Å². The summed E-state index contributed by atoms with van der Waals surface area (Å²) in [5.41, 5.74) is -0.385. The molecule has 1 aromatic carbocycles. The molecule has 1 aromatic rings. The van der Waals surface area contributed by atoms with Crippen LogP contribution in [0.1, 0.15) is 109 Å². The normalized spacial score (nSPS) is 30.8. The summed E-state index contributed by atoms with van der Waals surface area (Å²) in [6.45, 7) is 2.27. The van der Waals surface area contributed by atoms with Crippen LogP contribution < -0.4 is 4.74 Å². The Balaban J connectivity index is 1.29. The van der Waals surface area contributed by atoms with Crippen molar-refractivity contribution in [2.24, 2.45) is 35.5 Å². The van der Waals surface area contributed by atoms with Crippen molar-refractivity contribution >= 4 is 5.97 Å². The van der Waals surface area contributed by atoms with Crippen LogP contribution in [0.4, 0.5) is 8.78 Å². The summed E-state index contributed by atoms with van der Waals surface area (Å²) in [5, 5.41) is 8.87. The second-order valence-corrected chi connectivity index (χ2v) is 11.4. The molecule has 4 unspecified atom stereocenters. The summed E-state index contributed by atoms with van der Waals surface area (Å²) in [6, 6.07) is 3.96. The van der Waals surface area contributed by atoms with Gasteiger partial charge in [-0.3, -0.25) is 4.79 Å². The lowest BCUT2D eigenvalue weighted by Crippen LogP contribution is -2.40. The van der Waals surface area contributed by atoms with Gasteiger partial charge in [0.1, 0.15) is 6.07 Å². The predicted octanol–water partition coefficient (Wildman–Crippen LogP) is 8.35. The maximum absolute atomic E-state index is 14.3. The SMILES string of the molecule is CCCCCCC1CCC(C2CCC3C(CCCC3C(=O)Oc3ccc(C#N)c(F)c3F)C2)CC1. The molecular weight excluding hydrogens is 444 g/mol. The van der Waals surface area contributed by atoms with E-state index >= 15 is 0 Å². The molecule has 3 aliphatic rings. The fourth-order valence-corrected chi connectivity index (χ4v) is 7.41. The minimum Gasteiger partial charge on any atom is -0.423 e. The van der Waals surface area contributed by atoms with Crippen molar-refractivity contribution in [2.45, 2.75) is 103 Å². The molecule has 0 aromatic heterocycles. The van der Waals surface area contributed by atoms with Crippen LogP contribution in [0.25, 0.3) is 0 Å². The van der Waals surface area contributed by atoms with Gasteiger partial charge < -0.3 is 4.74 Å². The molecule has 3 fully saturated rings. The van der Waals surface area contributed by atoms with Crippen molar-refractivity contribution in [1.82, 2.24) is 0 Å². The number of halogens is 2. The third kappa shape index (κ3) is 6.25. The van der Waals surface area contributed by atoms with E-state index in [0.717, 1.165) is 49.5 Å². The molecule has 4 atom stereocenters. The highest BCUT2D eigenvalue weighted by atomic mass is 19.2. The minimum atomic E-state index is -1.26. The van der Waals surface area contributed by atoms with E-state index in [1.165, 1.54) is 76.7 Å². The molecule has 0 heterocycles. The van der Waals surface area contributed by atoms with Crippen molar-refractivity contribution in [1.29, 1.82) is 5.26 Å². The van der Waals surface area contributed by atoms with Gasteiger partial charge in [0.05, 0.1) is 11.5 Å². The molecule has 0 amide bonds. The number of rotatable bonds is 8. The topological polar surface area (TPSA) is 50.1 Å². The van der Waals surface area contributed by atoms with Crippen LogP contribution in [0, 0.1) is 58.5 Å². The van der Waals surface area contributed by atoms with Gasteiger partial charge in [0.2, 0.25) is 5.82 Å². The largest absolute Gasteiger partial charge is 0.423 e. The maximum Gasteiger partial charge on any atom is 0.314 e. The Bertz CT molecular complexity index is 902. The molecule has 3 nitrogen and oxygen atoms in total. The number of nitriles is 1. The second-order valence-electron chi connectivity index (χ2n) is 11.4. The fourth-order valence-electron chi connectivity index (χ4n) is 7.41. The molecule has 35 heavy (non-hydrogen) atoms. The summed E-state index contributed by atoms with van der Waals surface area (Å²) < 4.78 is 33.6. The second kappa shape index (κ2) is 12.3. The number of hydrogen-bond acceptors (Lipinski definition) is 3. The third-order valence-corrected chi connectivity index (χ3v) is 9.39. The zero-order valence-corrected chi connectivity index (χ0v) is 21.2. The average molecular weight is 486 g/mol. The molecule has 0 N–H and O–H groups in total. The minimum absolute atomic E-state index is 0.244. The van der Waals surface area contributed by atoms with Gasteiger partial charge in [-0.2, -0.15) is 9.65 Å². The summed E-state index contributed by atoms with van der Waals surface area (Å²) in [5.74, 6) is -0.234. The molecule has 0 radical (unpaired) electrons. The van der Waals surface area contributed by atoms with Crippen LogP contribution in [0.3, 0.4) is 0 Å². The molecule has 192 valence electrons. The maximum atomic E-state index is 14.3. The molecular formula is C30H41F2NO2. The van der Waals surface area contributed by atoms with Gasteiger partial charge in [0, 0.05) is 0 Å². The zero-order valence-electron chi connectivity index (χ0n) is 21.2. The Labute approximate surface area is 209 Å². The van der Waals surface area contributed by atoms with Crippen molar-refractivity contribution in [2.75, 3.05) is 0 Å². The molecule has 5 heteroatoms. The quantitative estimate of drug-likeness (QED) is 0.211. The first-order valence-corrected chi connectivity index (χ1v) is 14.1. The lowest BCUT2D eigenvalue weighted by molar-refractivity contribution is -0.144. The van der Waals surface area contributed by atoms with Crippen LogP contribution in [0.15, 0.2) is 12.1 Å². The molecule has 3 aliphatic carbocycles. The van der Waals surface area contributed by atoms with Gasteiger partial charge in [0.15, 0.2) is 11.6 Å². The van der Waals surface area contributed by atoms with Gasteiger partial charge >= 0.3 is 5.97 Å². The highest BCUT2D eigenvalue weighted by Crippen LogP contribution is 2.50. The number of carbonyl (C=O) groups is 1. The lowest BCUT2D eigenvalue weighted by Gasteiger charge is -2.46. The van der Waals surface area contributed by atoms with Crippen molar-refractivity contribution in [3.05, 3.63) is 29.3 Å². The van der Waals surface area contributed by atoms with E-state index in [1.807, 2.05) is 0 Å². The molecule has 0 spiro atoms. The first-order chi connectivity index (χ1) is 17.0. The van der Waals surface area contributed by atoms with E-state index in [1.54, 1.807) is 6.07 Å². The van der Waals surface area contributed by atoms with E-state index in [2.05, 4.69) is 6.92 Å². The van der Waals surface area contributed by atoms with E-state index in [4.69, 9.17) is 10.00 Å². The predicted molar refractivity (Wildman–Crippen MR) is 133 cm³/mol. The van der Waals surface area contributed by atoms with E-state index in [9.17, 15) is 13.6 Å². The van der Waals surface area contributed by atoms with E-state index in [-0.39, 0.29) is 17.4 Å². The van der Waals surface area contributed by atoms with Crippen molar-refractivity contribution in [3.8, 4) is 11.8 Å². The van der Waals surface area contributed by atoms with Crippen LogP contribution in [0.5, 0.6) is 5.75 Å². The number of esters is 1. The number of fused-ring (bicyclic) bond motifs is 1. The standard InChI is InChI=1S/C30H41F2NO2/c1-2-3-4-5-7-20-10-12-21(13-11-20)22-14-16-25-23(18-22)8-6-9-26(25)30(34)35-27-17-15-24(19-33)28(31)29(27)32/h15,17,20-23,25-26H,2-14,16,18H2,1H3. The summed E-state index contributed by atoms with van der Waals surface area (Å²) >= 11 is 0. The smallest absolute Gasteiger partial charge is 0.314 e. The number of benzene rings is 1. The van der Waals surface area contributed by atoms with Gasteiger partial charge in [-0.1, -0.05) is 64.7 Å². The highest BCUT2D eigenvalue weighted by molar-refractivity contribution is 5.75. The van der Waals surface area contributed by atoms with Crippen LogP contribution >= 0.6 is 0 Å². The van der Waals surface area contributed by atoms with Gasteiger partial charge in [-0.25, -0.2) is 4.39 Å². The molecule has 0 saturated heterocycles. The van der Waals surface area contributed by atoms with Crippen molar-refractivity contribution < 1.29 is 18.3 Å². The van der Waals surface area contributed by atoms with Crippen LogP contribution in [0.2, 0.25) is 0 Å². The first-order valence-electron chi connectivity index (χ1n) is 14.1. The first kappa shape index (κ1) is 26.1. The lowest BCUT2D eigenvalue weighted by atomic mass is 9.59. The van der Waals surface area contributed by atoms with Gasteiger partial charge in [0.25, 0.3) is 0 Å². The summed E-state index contributed by atoms with van der Waals surface area (Å²) in [6.07, 6.45) is 18.7. The number of ether oxygens (including phenoxy) is 1. The summed E-state index contributed by atoms with van der Waals surface area (Å²) in [4.78, 5) is 13.0. The van der Waals surface area contributed by atoms with Crippen molar-refractivity contribution in [3.63, 3.8) is 0 Å². The van der Waals surface area contributed by atoms with E-state index in [0.29, 0.717) is 5.92 Å². The highest BCUT2D eigenvalue weighted by Gasteiger charge is 2.43. The van der Waals surface area contributed by atoms with Crippen LogP contribution in [-0.4, -0.2) is 5.97 Å². The van der Waals surface area contributed by atoms with E-state index < -0.39 is 23.4 Å². The van der Waals surface area contributed by atoms with Gasteiger partial charge in [-0.15, -0.1) is 0 Å². The number of hydrogen-bond donors (Lipinski definition) is 0. The number of carbonyl (C=O) groups excluding carboxylic acids is 1.